The number of aliphatic hydroxyl groups excluding tert-OH is 2. The first-order chi connectivity index (χ1) is 35.7. The van der Waals surface area contributed by atoms with Crippen molar-refractivity contribution < 1.29 is 88.2 Å². The number of aromatic hydroxyl groups is 1. The molecule has 0 unspecified atom stereocenters. The number of nitrogens with two attached hydrogens (primary N) is 1. The van der Waals surface area contributed by atoms with E-state index in [2.05, 4.69) is 47.9 Å². The van der Waals surface area contributed by atoms with Crippen molar-refractivity contribution in [2.75, 3.05) is 19.7 Å². The smallest absolute Gasteiger partial charge is 0.326 e. The molecule has 0 aliphatic rings. The molecule has 28 nitrogen and oxygen atoms in total. The number of rotatable bonds is 32. The maximum absolute atomic E-state index is 14.0. The maximum atomic E-state index is 14.0. The van der Waals surface area contributed by atoms with Gasteiger partial charge in [-0.3, -0.25) is 52.7 Å². The molecule has 0 saturated heterocycles. The summed E-state index contributed by atoms with van der Waals surface area (Å²) in [5, 5.41) is 79.4. The van der Waals surface area contributed by atoms with Crippen molar-refractivity contribution in [2.24, 2.45) is 17.6 Å². The SMILES string of the molecule is CC[C@H](C)[C@H](NC(=O)[C@@H](NC(=O)[C@H](CO)NC(=O)[C@H](CC(=O)O)NC(=O)[C@H](Cc1ccccc1)NC(=O)[C@H](CC(=O)O)NC(=O)CNC(=O)[C@@H](NC(=O)[C@H](Cc1ccc(O)cc1)NC(=O)CN)[C@@H](C)O)C(C)C)C(=O)O. The standard InChI is InChI=1S/C48H68N10O18/c1-6-24(4)39(48(75)76)57-47(74)38(23(2)3)56-45(72)33(22-59)55-43(70)32(19-37(66)67)54-41(68)30(16-26-10-8-7-9-11-26)53-42(69)31(18-36(64)65)52-35(63)21-50-46(73)40(25(5)60)58-44(71)29(51-34(62)20-49)17-27-12-14-28(61)15-13-27/h7-15,23-25,29-33,38-40,59-61H,6,16-22,49H2,1-5H3,(H,50,73)(H,51,62)(H,52,63)(H,53,69)(H,54,68)(H,55,70)(H,56,72)(H,57,74)(H,58,71)(H,64,65)(H,66,67)(H,75,76)/t24-,25+,29-,30-,31-,32-,33-,38-,39-,40-/m0/s1. The highest BCUT2D eigenvalue weighted by molar-refractivity contribution is 5.99. The molecule has 0 heterocycles. The predicted molar refractivity (Wildman–Crippen MR) is 265 cm³/mol. The van der Waals surface area contributed by atoms with Crippen LogP contribution in [0.15, 0.2) is 54.6 Å². The minimum absolute atomic E-state index is 0.0793. The molecule has 28 heteroatoms. The molecule has 0 spiro atoms. The quantitative estimate of drug-likeness (QED) is 0.0327. The summed E-state index contributed by atoms with van der Waals surface area (Å²) in [7, 11) is 0. The van der Waals surface area contributed by atoms with E-state index in [0.29, 0.717) is 17.5 Å². The second kappa shape index (κ2) is 31.5. The largest absolute Gasteiger partial charge is 0.508 e. The van der Waals surface area contributed by atoms with Crippen LogP contribution in [0.2, 0.25) is 0 Å². The molecular formula is C48H68N10O18. The Morgan fingerprint density at radius 2 is 0.947 bits per heavy atom. The lowest BCUT2D eigenvalue weighted by Gasteiger charge is -2.28. The van der Waals surface area contributed by atoms with E-state index in [1.165, 1.54) is 50.2 Å². The molecule has 0 aromatic heterocycles. The molecule has 76 heavy (non-hydrogen) atoms. The van der Waals surface area contributed by atoms with Crippen LogP contribution in [0.5, 0.6) is 5.75 Å². The summed E-state index contributed by atoms with van der Waals surface area (Å²) in [6.45, 7) is 4.85. The van der Waals surface area contributed by atoms with Crippen LogP contribution >= 0.6 is 0 Å². The topological polar surface area (TPSA) is 461 Å². The van der Waals surface area contributed by atoms with E-state index in [9.17, 15) is 88.2 Å². The van der Waals surface area contributed by atoms with Crippen molar-refractivity contribution in [3.8, 4) is 5.75 Å². The molecule has 10 atom stereocenters. The van der Waals surface area contributed by atoms with Crippen LogP contribution in [0.3, 0.4) is 0 Å². The lowest BCUT2D eigenvalue weighted by molar-refractivity contribution is -0.144. The van der Waals surface area contributed by atoms with Gasteiger partial charge in [-0.1, -0.05) is 76.6 Å². The molecule has 0 radical (unpaired) electrons. The van der Waals surface area contributed by atoms with Gasteiger partial charge < -0.3 is 84.2 Å². The van der Waals surface area contributed by atoms with Crippen molar-refractivity contribution in [2.45, 2.75) is 121 Å². The molecule has 2 aromatic carbocycles. The first-order valence-electron chi connectivity index (χ1n) is 23.9. The van der Waals surface area contributed by atoms with Gasteiger partial charge >= 0.3 is 17.9 Å². The van der Waals surface area contributed by atoms with Gasteiger partial charge in [0.15, 0.2) is 0 Å². The monoisotopic (exact) mass is 1070 g/mol. The summed E-state index contributed by atoms with van der Waals surface area (Å²) in [5.74, 6) is -15.8. The van der Waals surface area contributed by atoms with E-state index in [-0.39, 0.29) is 18.6 Å². The predicted octanol–water partition coefficient (Wildman–Crippen LogP) is -4.76. The van der Waals surface area contributed by atoms with E-state index in [1.807, 2.05) is 0 Å². The number of carboxylic acid groups (broad SMARTS) is 3. The first-order valence-corrected chi connectivity index (χ1v) is 23.9. The third-order valence-electron chi connectivity index (χ3n) is 11.5. The maximum Gasteiger partial charge on any atom is 0.326 e. The Balaban J connectivity index is 2.30. The van der Waals surface area contributed by atoms with Crippen LogP contribution in [0, 0.1) is 11.8 Å². The second-order valence-corrected chi connectivity index (χ2v) is 18.0. The summed E-state index contributed by atoms with van der Waals surface area (Å²) in [6.07, 6.45) is -4.02. The van der Waals surface area contributed by atoms with Crippen molar-refractivity contribution in [1.82, 2.24) is 47.9 Å². The fourth-order valence-electron chi connectivity index (χ4n) is 7.06. The number of aliphatic hydroxyl groups is 2. The molecule has 418 valence electrons. The minimum Gasteiger partial charge on any atom is -0.508 e. The number of nitrogens with one attached hydrogen (secondary N) is 9. The van der Waals surface area contributed by atoms with Crippen LogP contribution in [0.25, 0.3) is 0 Å². The summed E-state index contributed by atoms with van der Waals surface area (Å²) >= 11 is 0. The summed E-state index contributed by atoms with van der Waals surface area (Å²) < 4.78 is 0. The number of phenols is 1. The van der Waals surface area contributed by atoms with Crippen LogP contribution in [-0.4, -0.2) is 176 Å². The van der Waals surface area contributed by atoms with Gasteiger partial charge in [0.1, 0.15) is 54.1 Å². The van der Waals surface area contributed by atoms with Crippen molar-refractivity contribution >= 4 is 71.1 Å². The molecule has 2 rings (SSSR count). The first kappa shape index (κ1) is 63.9. The zero-order chi connectivity index (χ0) is 57.4. The average molecular weight is 1070 g/mol. The Labute approximate surface area is 436 Å². The fraction of sp³-hybridized carbons (Fsp3) is 0.500. The van der Waals surface area contributed by atoms with E-state index in [0.717, 1.165) is 6.92 Å². The van der Waals surface area contributed by atoms with Crippen molar-refractivity contribution in [3.05, 3.63) is 65.7 Å². The number of aliphatic carboxylic acids is 3. The van der Waals surface area contributed by atoms with E-state index in [4.69, 9.17) is 5.73 Å². The van der Waals surface area contributed by atoms with Gasteiger partial charge in [-0.15, -0.1) is 0 Å². The van der Waals surface area contributed by atoms with E-state index in [1.54, 1.807) is 32.0 Å². The van der Waals surface area contributed by atoms with Crippen LogP contribution in [0.1, 0.15) is 65.0 Å². The number of amides is 9. The molecule has 0 aliphatic heterocycles. The van der Waals surface area contributed by atoms with Gasteiger partial charge in [0.05, 0.1) is 38.6 Å². The molecule has 0 fully saturated rings. The number of carbonyl (C=O) groups is 12. The van der Waals surface area contributed by atoms with Crippen molar-refractivity contribution in [1.29, 1.82) is 0 Å². The van der Waals surface area contributed by atoms with Crippen LogP contribution in [-0.2, 0) is 70.4 Å². The Morgan fingerprint density at radius 1 is 0.513 bits per heavy atom. The average Bonchev–Trinajstić information content (AvgIpc) is 3.36. The lowest BCUT2D eigenvalue weighted by atomic mass is 9.97. The highest BCUT2D eigenvalue weighted by Gasteiger charge is 2.37. The summed E-state index contributed by atoms with van der Waals surface area (Å²) in [5.41, 5.74) is 6.24. The number of benzene rings is 2. The third kappa shape index (κ3) is 21.7. The normalized spacial score (nSPS) is 14.9. The van der Waals surface area contributed by atoms with Crippen molar-refractivity contribution in [3.63, 3.8) is 0 Å². The fourth-order valence-corrected chi connectivity index (χ4v) is 7.06. The number of carbonyl (C=O) groups excluding carboxylic acids is 9. The van der Waals surface area contributed by atoms with Gasteiger partial charge in [-0.05, 0) is 42.0 Å². The molecule has 0 bridgehead atoms. The highest BCUT2D eigenvalue weighted by atomic mass is 16.4. The van der Waals surface area contributed by atoms with E-state index < -0.39 is 170 Å². The van der Waals surface area contributed by atoms with Gasteiger partial charge in [-0.25, -0.2) is 4.79 Å². The number of phenolic OH excluding ortho intramolecular Hbond substituents is 1. The molecule has 2 aromatic rings. The molecule has 0 aliphatic carbocycles. The summed E-state index contributed by atoms with van der Waals surface area (Å²) in [6, 6.07) is -0.0908. The van der Waals surface area contributed by atoms with Gasteiger partial charge in [0.25, 0.3) is 0 Å². The number of carboxylic acids is 3. The minimum atomic E-state index is -2.03. The summed E-state index contributed by atoms with van der Waals surface area (Å²) in [4.78, 5) is 156. The molecule has 0 saturated carbocycles. The Hall–Kier alpha value is -8.24. The Bertz CT molecular complexity index is 2370. The van der Waals surface area contributed by atoms with Crippen LogP contribution in [0.4, 0.5) is 0 Å². The van der Waals surface area contributed by atoms with Gasteiger partial charge in [0.2, 0.25) is 53.2 Å². The van der Waals surface area contributed by atoms with Gasteiger partial charge in [-0.2, -0.15) is 0 Å². The van der Waals surface area contributed by atoms with Crippen LogP contribution < -0.4 is 53.6 Å². The molecule has 17 N–H and O–H groups in total. The zero-order valence-electron chi connectivity index (χ0n) is 42.4. The lowest BCUT2D eigenvalue weighted by Crippen LogP contribution is -2.61. The Kier molecular flexibility index (Phi) is 26.5. The molecule has 9 amide bonds. The number of hydrogen-bond acceptors (Lipinski definition) is 16. The zero-order valence-corrected chi connectivity index (χ0v) is 42.4. The molecular weight excluding hydrogens is 1000 g/mol. The third-order valence-corrected chi connectivity index (χ3v) is 11.5. The highest BCUT2D eigenvalue weighted by Crippen LogP contribution is 2.14. The second-order valence-electron chi connectivity index (χ2n) is 18.0. The van der Waals surface area contributed by atoms with Gasteiger partial charge in [0, 0.05) is 12.8 Å². The Morgan fingerprint density at radius 3 is 1.43 bits per heavy atom. The number of hydrogen-bond donors (Lipinski definition) is 16. The van der Waals surface area contributed by atoms with E-state index >= 15 is 0 Å².